The minimum absolute atomic E-state index is 0.00143. The number of hydrogen-bond acceptors (Lipinski definition) is 12. The molecule has 0 aromatic heterocycles. The summed E-state index contributed by atoms with van der Waals surface area (Å²) < 4.78 is 18.8. The van der Waals surface area contributed by atoms with Crippen LogP contribution in [0.1, 0.15) is 473 Å². The summed E-state index contributed by atoms with van der Waals surface area (Å²) in [7, 11) is 0. The van der Waals surface area contributed by atoms with Crippen LogP contribution in [0.15, 0.2) is 124 Å². The molecule has 0 heterocycles. The molecule has 3 aromatic carbocycles. The molecule has 0 radical (unpaired) electrons. The van der Waals surface area contributed by atoms with Crippen LogP contribution in [-0.4, -0.2) is 71.8 Å². The average molecular weight is 1980 g/mol. The number of ether oxygens (including phenoxy) is 3. The van der Waals surface area contributed by atoms with Gasteiger partial charge in [0, 0.05) is 16.2 Å². The van der Waals surface area contributed by atoms with Gasteiger partial charge in [-0.2, -0.15) is 0 Å². The third-order valence-corrected chi connectivity index (χ3v) is 45.2. The summed E-state index contributed by atoms with van der Waals surface area (Å²) in [6, 6.07) is 21.4. The highest BCUT2D eigenvalue weighted by Crippen LogP contribution is 2.70. The van der Waals surface area contributed by atoms with Crippen LogP contribution in [0.25, 0.3) is 0 Å². The van der Waals surface area contributed by atoms with Gasteiger partial charge in [0.05, 0.1) is 54.4 Å². The van der Waals surface area contributed by atoms with Gasteiger partial charge in [0.2, 0.25) is 0 Å². The molecule has 0 spiro atoms. The van der Waals surface area contributed by atoms with E-state index in [0.717, 1.165) is 148 Å². The van der Waals surface area contributed by atoms with Crippen molar-refractivity contribution in [2.24, 2.45) is 132 Å². The van der Waals surface area contributed by atoms with E-state index in [-0.39, 0.29) is 115 Å². The average Bonchev–Trinajstić information content (AvgIpc) is 0.423. The number of carbonyl (C=O) groups is 3. The summed E-state index contributed by atoms with van der Waals surface area (Å²) >= 11 is 0. The summed E-state index contributed by atoms with van der Waals surface area (Å²) in [4.78, 5) is 58.7. The van der Waals surface area contributed by atoms with Crippen LogP contribution in [0, 0.1) is 132 Å². The largest absolute Gasteiger partial charge is 0.465 e. The molecular weight excluding hydrogens is 1780 g/mol. The van der Waals surface area contributed by atoms with Gasteiger partial charge in [-0.3, -0.25) is 30.2 Å². The number of benzene rings is 3. The fourth-order valence-corrected chi connectivity index (χ4v) is 36.4. The third kappa shape index (κ3) is 20.2. The van der Waals surface area contributed by atoms with Crippen LogP contribution in [0.4, 0.5) is 0 Å². The van der Waals surface area contributed by atoms with Gasteiger partial charge < -0.3 is 14.2 Å². The fourth-order valence-electron chi connectivity index (χ4n) is 36.4. The van der Waals surface area contributed by atoms with Gasteiger partial charge in [-0.25, -0.2) is 14.7 Å². The van der Waals surface area contributed by atoms with E-state index in [1.165, 1.54) is 126 Å². The first-order valence-corrected chi connectivity index (χ1v) is 59.1. The van der Waals surface area contributed by atoms with Gasteiger partial charge in [0.25, 0.3) is 0 Å². The van der Waals surface area contributed by atoms with Crippen molar-refractivity contribution in [3.8, 4) is 0 Å². The molecule has 144 heavy (non-hydrogen) atoms. The summed E-state index contributed by atoms with van der Waals surface area (Å²) in [5.74, 6) is 6.99. The van der Waals surface area contributed by atoms with E-state index in [0.29, 0.717) is 110 Å². The van der Waals surface area contributed by atoms with E-state index in [1.54, 1.807) is 33.4 Å². The van der Waals surface area contributed by atoms with Crippen molar-refractivity contribution in [2.45, 2.75) is 477 Å². The lowest BCUT2D eigenvalue weighted by Gasteiger charge is -2.60. The first kappa shape index (κ1) is 111. The predicted octanol–water partition coefficient (Wildman–Crippen LogP) is 34.3. The molecule has 15 aliphatic carbocycles. The van der Waals surface area contributed by atoms with Crippen LogP contribution in [0.5, 0.6) is 0 Å². The van der Waals surface area contributed by atoms with Crippen LogP contribution in [-0.2, 0) is 78.8 Å². The van der Waals surface area contributed by atoms with Gasteiger partial charge in [0.1, 0.15) is 0 Å². The summed E-state index contributed by atoms with van der Waals surface area (Å²) in [6.45, 7) is 63.7. The van der Waals surface area contributed by atoms with Crippen LogP contribution < -0.4 is 0 Å². The number of rotatable bonds is 27. The summed E-state index contributed by atoms with van der Waals surface area (Å²) in [6.07, 6.45) is 51.2. The number of esters is 3. The molecule has 0 saturated heterocycles. The predicted molar refractivity (Wildman–Crippen MR) is 587 cm³/mol. The summed E-state index contributed by atoms with van der Waals surface area (Å²) in [5, 5.41) is 31.4. The van der Waals surface area contributed by atoms with E-state index >= 15 is 0 Å². The van der Waals surface area contributed by atoms with Crippen molar-refractivity contribution in [1.29, 1.82) is 0 Å². The molecule has 798 valence electrons. The third-order valence-electron chi connectivity index (χ3n) is 45.2. The quantitative estimate of drug-likeness (QED) is 0.0286. The Labute approximate surface area is 873 Å². The highest BCUT2D eigenvalue weighted by atomic mass is 17.1. The number of fused-ring (bicyclic) bond motifs is 17. The Hall–Kier alpha value is -5.73. The highest BCUT2D eigenvalue weighted by molar-refractivity contribution is 5.79. The molecule has 18 rings (SSSR count). The number of carbonyl (C=O) groups excluding carboxylic acids is 3. The van der Waals surface area contributed by atoms with Crippen molar-refractivity contribution in [2.75, 3.05) is 19.8 Å². The van der Waals surface area contributed by atoms with Crippen molar-refractivity contribution in [3.05, 3.63) is 174 Å². The zero-order valence-corrected chi connectivity index (χ0v) is 95.4. The molecule has 3 N–H and O–H groups in total. The normalized spacial score (nSPS) is 36.9. The molecule has 0 aliphatic heterocycles. The van der Waals surface area contributed by atoms with Crippen molar-refractivity contribution >= 4 is 17.9 Å². The zero-order chi connectivity index (χ0) is 104. The minimum atomic E-state index is -0.490. The van der Waals surface area contributed by atoms with Crippen molar-refractivity contribution in [3.63, 3.8) is 0 Å². The second kappa shape index (κ2) is 43.1. The molecule has 12 nitrogen and oxygen atoms in total. The molecule has 26 unspecified atom stereocenters. The van der Waals surface area contributed by atoms with E-state index in [9.17, 15) is 30.2 Å². The van der Waals surface area contributed by atoms with Gasteiger partial charge >= 0.3 is 17.9 Å². The van der Waals surface area contributed by atoms with E-state index in [1.807, 2.05) is 0 Å². The lowest BCUT2D eigenvalue weighted by atomic mass is 9.45. The maximum Gasteiger partial charge on any atom is 0.312 e. The number of aryl methyl sites for hydroxylation is 3. The second-order valence-electron chi connectivity index (χ2n) is 56.0. The SMILES string of the molecule is CC(COC(=O)C1(C)CCCC2(C)C3CCC(C(C)C)=CC3=CCC12)CC(OO)C1(C)CCCC2(C)C3CCC(C(C)C)=CC3=CCC12.CC(COC(=O)C1(C)CCCC2(C)c3ccc(C(C)C)cc3CCC12)CC(OO)C1(C)CCCC2(C)C3=C(C=C(C(C)C)CC3)CCC21.CC(COC(=O)C1(C)CCCC2(C)c3ccc(C(C)C)cc3CCC12)CC(OO)C1(C)CCCC2(C)c3ccc(C(C)C)cc3CCC21. The molecule has 6 fully saturated rings. The van der Waals surface area contributed by atoms with Gasteiger partial charge in [-0.05, 0) is 420 Å². The second-order valence-corrected chi connectivity index (χ2v) is 56.0. The first-order chi connectivity index (χ1) is 68.0. The lowest BCUT2D eigenvalue weighted by Crippen LogP contribution is -2.55. The Morgan fingerprint density at radius 3 is 1.01 bits per heavy atom. The van der Waals surface area contributed by atoms with Crippen molar-refractivity contribution in [1.82, 2.24) is 0 Å². The molecule has 26 atom stereocenters. The maximum absolute atomic E-state index is 14.1. The molecule has 6 saturated carbocycles. The Balaban J connectivity index is 0.000000155. The molecule has 15 aliphatic rings. The topological polar surface area (TPSA) is 167 Å². The number of hydrogen-bond donors (Lipinski definition) is 3. The van der Waals surface area contributed by atoms with Crippen molar-refractivity contribution < 1.29 is 59.0 Å². The molecule has 0 bridgehead atoms. The molecule has 3 aromatic rings. The summed E-state index contributed by atoms with van der Waals surface area (Å²) in [5.41, 5.74) is 23.0. The maximum atomic E-state index is 14.1. The standard InChI is InChI=1S/C44H68O4.C44H66O4.C44H64O4/c3*1-28(2)31-12-16-35-33(25-31)14-18-37-41(35,6)20-10-22-43(37,8)39(48-46)24-30(5)27-47-40(45)44(9)23-11-21-42(7)36-17-13-32(29(3)4)26-34(36)15-19-38(42)44/h14-15,25-26,28-30,35-39,46H,10-13,16-24,27H2,1-9H3;13,17,25-26,28-30,37-39,46H,10-12,14-16,18-24,27H2,1-9H3;12-13,16-17,25-26,28-30,37-39,46H,10-11,14-15,18-24,27H2,1-9H3. The Morgan fingerprint density at radius 1 is 0.319 bits per heavy atom. The van der Waals surface area contributed by atoms with E-state index in [4.69, 9.17) is 28.9 Å². The zero-order valence-electron chi connectivity index (χ0n) is 95.4. The Bertz CT molecular complexity index is 5290. The van der Waals surface area contributed by atoms with Crippen LogP contribution >= 0.6 is 0 Å². The van der Waals surface area contributed by atoms with Gasteiger partial charge in [-0.1, -0.05) is 312 Å². The highest BCUT2D eigenvalue weighted by Gasteiger charge is 2.64. The smallest absolute Gasteiger partial charge is 0.312 e. The molecule has 0 amide bonds. The Morgan fingerprint density at radius 2 is 0.632 bits per heavy atom. The monoisotopic (exact) mass is 1980 g/mol. The molecule has 12 heteroatoms. The van der Waals surface area contributed by atoms with E-state index in [2.05, 4.69) is 272 Å². The van der Waals surface area contributed by atoms with Crippen LogP contribution in [0.3, 0.4) is 0 Å². The number of allylic oxidation sites excluding steroid dienone is 12. The van der Waals surface area contributed by atoms with Gasteiger partial charge in [-0.15, -0.1) is 0 Å². The Kier molecular flexibility index (Phi) is 33.2. The van der Waals surface area contributed by atoms with Crippen LogP contribution in [0.2, 0.25) is 0 Å². The van der Waals surface area contributed by atoms with Gasteiger partial charge in [0.15, 0.2) is 0 Å². The molecular formula is C132H198O12. The fraction of sp³-hybridized carbons (Fsp3) is 0.750. The first-order valence-electron chi connectivity index (χ1n) is 59.1. The lowest BCUT2D eigenvalue weighted by molar-refractivity contribution is -0.321. The minimum Gasteiger partial charge on any atom is -0.465 e. The van der Waals surface area contributed by atoms with E-state index < -0.39 is 16.2 Å².